The topological polar surface area (TPSA) is 25.1 Å². The van der Waals surface area contributed by atoms with E-state index in [1.807, 2.05) is 18.2 Å². The molecular formula is C99H69BrN4. The van der Waals surface area contributed by atoms with Crippen LogP contribution >= 0.6 is 15.9 Å². The van der Waals surface area contributed by atoms with E-state index in [0.29, 0.717) is 0 Å². The summed E-state index contributed by atoms with van der Waals surface area (Å²) in [7, 11) is 0. The molecule has 0 saturated heterocycles. The summed E-state index contributed by atoms with van der Waals surface area (Å²) in [5.74, 6) is 0. The monoisotopic (exact) mass is 1390 g/mol. The van der Waals surface area contributed by atoms with Crippen LogP contribution in [-0.4, -0.2) is 9.13 Å². The highest BCUT2D eigenvalue weighted by Gasteiger charge is 2.53. The van der Waals surface area contributed by atoms with Gasteiger partial charge in [0.2, 0.25) is 0 Å². The quantitative estimate of drug-likeness (QED) is 0.172. The first-order valence-electron chi connectivity index (χ1n) is 35.4. The van der Waals surface area contributed by atoms with Gasteiger partial charge >= 0.3 is 0 Å². The fourth-order valence-electron chi connectivity index (χ4n) is 17.8. The lowest BCUT2D eigenvalue weighted by molar-refractivity contribution is 0.793. The standard InChI is InChI=1S/C49H32N2.C25H15Br.C24H18N2.CH4/c1-2-14-33(15-3-1)50(34-26-28-35(29-27-34)51-47-24-12-7-19-41(47)42-20-8-13-25-48(42)51)36-30-31-40-39-18-6-11-23-45(39)49(46(40)32-36)43-21-9-4-16-37(43)38-17-5-10-22-44(38)49;26-16-13-14-20-19-9-3-6-12-23(19)25(24(20)15-16)21-10-4-1-7-17(21)18-8-2-5-11-22(18)25;1-2-8-18(9-3-1)25-19-14-16-20(17-15-19)26-23-12-6-4-10-21(23)22-11-5-7-13-24(22)26;/h1-32H;1-15H;1-17,25H;1H4. The van der Waals surface area contributed by atoms with Crippen LogP contribution in [-0.2, 0) is 10.8 Å². The maximum atomic E-state index is 3.72. The average Bonchev–Trinajstić information content (AvgIpc) is 1.52. The van der Waals surface area contributed by atoms with E-state index < -0.39 is 5.41 Å². The smallest absolute Gasteiger partial charge is 0.0726 e. The third kappa shape index (κ3) is 9.43. The molecule has 0 amide bonds. The summed E-state index contributed by atoms with van der Waals surface area (Å²) in [6.45, 7) is 0. The van der Waals surface area contributed by atoms with E-state index in [0.717, 1.165) is 38.6 Å². The van der Waals surface area contributed by atoms with Crippen molar-refractivity contribution in [3.05, 3.63) is 437 Å². The normalized spacial score (nSPS) is 12.9. The number of benzene rings is 16. The molecule has 0 radical (unpaired) electrons. The lowest BCUT2D eigenvalue weighted by Crippen LogP contribution is -2.26. The van der Waals surface area contributed by atoms with Gasteiger partial charge in [-0.2, -0.15) is 0 Å². The van der Waals surface area contributed by atoms with Crippen LogP contribution in [0, 0.1) is 0 Å². The van der Waals surface area contributed by atoms with Gasteiger partial charge in [-0.1, -0.05) is 290 Å². The zero-order valence-electron chi connectivity index (χ0n) is 56.2. The molecule has 492 valence electrons. The first-order chi connectivity index (χ1) is 51.0. The van der Waals surface area contributed by atoms with Gasteiger partial charge in [0.25, 0.3) is 0 Å². The second-order valence-electron chi connectivity index (χ2n) is 27.2. The average molecular weight is 1390 g/mol. The van der Waals surface area contributed by atoms with Crippen LogP contribution in [0.5, 0.6) is 0 Å². The second kappa shape index (κ2) is 25.1. The van der Waals surface area contributed by atoms with Crippen molar-refractivity contribution in [1.29, 1.82) is 0 Å². The van der Waals surface area contributed by atoms with E-state index in [-0.39, 0.29) is 12.8 Å². The summed E-state index contributed by atoms with van der Waals surface area (Å²) in [5.41, 5.74) is 33.8. The van der Waals surface area contributed by atoms with E-state index in [1.165, 1.54) is 138 Å². The van der Waals surface area contributed by atoms with Crippen molar-refractivity contribution < 1.29 is 0 Å². The van der Waals surface area contributed by atoms with Crippen LogP contribution in [0.25, 0.3) is 99.5 Å². The van der Waals surface area contributed by atoms with Crippen LogP contribution < -0.4 is 10.2 Å². The first kappa shape index (κ1) is 62.2. The number of fused-ring (bicyclic) bond motifs is 26. The number of aromatic nitrogens is 2. The highest BCUT2D eigenvalue weighted by Crippen LogP contribution is 2.65. The largest absolute Gasteiger partial charge is 0.356 e. The van der Waals surface area contributed by atoms with Crippen molar-refractivity contribution in [2.75, 3.05) is 10.2 Å². The van der Waals surface area contributed by atoms with E-state index in [1.54, 1.807) is 0 Å². The molecule has 22 rings (SSSR count). The van der Waals surface area contributed by atoms with Gasteiger partial charge in [-0.25, -0.2) is 0 Å². The number of anilines is 5. The van der Waals surface area contributed by atoms with Crippen LogP contribution in [0.3, 0.4) is 0 Å². The lowest BCUT2D eigenvalue weighted by Gasteiger charge is -2.32. The van der Waals surface area contributed by atoms with Gasteiger partial charge in [0, 0.05) is 65.8 Å². The van der Waals surface area contributed by atoms with Gasteiger partial charge in [0.15, 0.2) is 0 Å². The number of hydrogen-bond donors (Lipinski definition) is 1. The molecule has 1 N–H and O–H groups in total. The Kier molecular flexibility index (Phi) is 15.0. The van der Waals surface area contributed by atoms with Crippen molar-refractivity contribution in [2.45, 2.75) is 18.3 Å². The van der Waals surface area contributed by atoms with E-state index in [9.17, 15) is 0 Å². The van der Waals surface area contributed by atoms with Crippen molar-refractivity contribution in [3.8, 4) is 55.9 Å². The molecule has 5 heteroatoms. The first-order valence-corrected chi connectivity index (χ1v) is 36.2. The molecule has 0 saturated carbocycles. The van der Waals surface area contributed by atoms with Crippen LogP contribution in [0.2, 0.25) is 0 Å². The van der Waals surface area contributed by atoms with E-state index in [4.69, 9.17) is 0 Å². The molecule has 0 fully saturated rings. The number of halogens is 1. The summed E-state index contributed by atoms with van der Waals surface area (Å²) >= 11 is 3.72. The Morgan fingerprint density at radius 3 is 0.904 bits per heavy atom. The highest BCUT2D eigenvalue weighted by molar-refractivity contribution is 9.10. The minimum Gasteiger partial charge on any atom is -0.356 e. The molecule has 2 aromatic heterocycles. The van der Waals surface area contributed by atoms with Gasteiger partial charge in [0.05, 0.1) is 32.9 Å². The Labute approximate surface area is 614 Å². The van der Waals surface area contributed by atoms with Gasteiger partial charge in [-0.15, -0.1) is 0 Å². The summed E-state index contributed by atoms with van der Waals surface area (Å²) in [4.78, 5) is 2.40. The van der Waals surface area contributed by atoms with Crippen molar-refractivity contribution in [2.24, 2.45) is 0 Å². The Hall–Kier alpha value is -12.8. The van der Waals surface area contributed by atoms with Crippen LogP contribution in [0.4, 0.5) is 28.4 Å². The van der Waals surface area contributed by atoms with Crippen LogP contribution in [0.1, 0.15) is 51.9 Å². The predicted octanol–water partition coefficient (Wildman–Crippen LogP) is 26.6. The molecule has 2 spiro atoms. The molecule has 0 aliphatic heterocycles. The molecule has 4 nitrogen and oxygen atoms in total. The molecule has 4 aliphatic rings. The Balaban J connectivity index is 0.000000118. The SMILES string of the molecule is Brc1ccc2c(c1)C1(c3ccccc3-c3ccccc31)c1ccccc1-2.C.c1ccc(N(c2ccc(-n3c4ccccc4c4ccccc43)cc2)c2ccc3c(c2)C2(c4ccccc4-c4ccccc42)c2ccccc2-3)cc1.c1ccc(Nc2ccc(-n3c4ccccc4c4ccccc43)cc2)cc1. The fourth-order valence-corrected chi connectivity index (χ4v) is 18.2. The van der Waals surface area contributed by atoms with E-state index in [2.05, 4.69) is 405 Å². The van der Waals surface area contributed by atoms with Gasteiger partial charge in [-0.3, -0.25) is 0 Å². The molecule has 104 heavy (non-hydrogen) atoms. The Morgan fingerprint density at radius 1 is 0.231 bits per heavy atom. The molecule has 2 heterocycles. The van der Waals surface area contributed by atoms with Gasteiger partial charge < -0.3 is 19.4 Å². The summed E-state index contributed by atoms with van der Waals surface area (Å²) in [6, 6.07) is 141. The van der Waals surface area contributed by atoms with Crippen molar-refractivity contribution in [1.82, 2.24) is 9.13 Å². The minimum atomic E-state index is -0.391. The predicted molar refractivity (Wildman–Crippen MR) is 439 cm³/mol. The number of rotatable bonds is 7. The molecular weight excluding hydrogens is 1330 g/mol. The number of nitrogens with one attached hydrogen (secondary N) is 1. The molecule has 18 aromatic rings. The third-order valence-corrected chi connectivity index (χ3v) is 22.4. The minimum absolute atomic E-state index is 0. The van der Waals surface area contributed by atoms with Gasteiger partial charge in [-0.05, 0) is 210 Å². The third-order valence-electron chi connectivity index (χ3n) is 21.9. The maximum absolute atomic E-state index is 3.72. The number of para-hydroxylation sites is 6. The molecule has 0 bridgehead atoms. The second-order valence-corrected chi connectivity index (χ2v) is 28.1. The maximum Gasteiger partial charge on any atom is 0.0726 e. The molecule has 0 atom stereocenters. The van der Waals surface area contributed by atoms with Crippen molar-refractivity contribution in [3.63, 3.8) is 0 Å². The summed E-state index contributed by atoms with van der Waals surface area (Å²) < 4.78 is 5.84. The zero-order chi connectivity index (χ0) is 68.2. The molecule has 4 aliphatic carbocycles. The molecule has 0 unspecified atom stereocenters. The number of nitrogens with zero attached hydrogens (tertiary/aromatic N) is 3. The Bertz CT molecular complexity index is 6130. The highest BCUT2D eigenvalue weighted by atomic mass is 79.9. The fraction of sp³-hybridized carbons (Fsp3) is 0.0303. The Morgan fingerprint density at radius 2 is 0.510 bits per heavy atom. The molecule has 16 aromatic carbocycles. The summed E-state index contributed by atoms with van der Waals surface area (Å²) in [6.07, 6.45) is 0. The van der Waals surface area contributed by atoms with Gasteiger partial charge in [0.1, 0.15) is 0 Å². The zero-order valence-corrected chi connectivity index (χ0v) is 57.8. The lowest BCUT2D eigenvalue weighted by atomic mass is 9.70. The summed E-state index contributed by atoms with van der Waals surface area (Å²) in [5, 5.41) is 8.55. The van der Waals surface area contributed by atoms with Crippen LogP contribution in [0.15, 0.2) is 393 Å². The number of hydrogen-bond acceptors (Lipinski definition) is 2. The van der Waals surface area contributed by atoms with Crippen molar-refractivity contribution >= 4 is 88.0 Å². The van der Waals surface area contributed by atoms with E-state index >= 15 is 0 Å².